The number of benzene rings is 10. The maximum absolute atomic E-state index is 7.28. The van der Waals surface area contributed by atoms with Gasteiger partial charge in [-0.2, -0.15) is 0 Å². The first kappa shape index (κ1) is 39.9. The molecule has 0 aliphatic heterocycles. The number of aryl methyl sites for hydroxylation is 4. The predicted octanol–water partition coefficient (Wildman–Crippen LogP) is 18.5. The average Bonchev–Trinajstić information content (AvgIpc) is 4.12. The van der Waals surface area contributed by atoms with Gasteiger partial charge in [0.15, 0.2) is 0 Å². The van der Waals surface area contributed by atoms with Crippen LogP contribution in [0.4, 0.5) is 34.1 Å². The Morgan fingerprint density at radius 3 is 1.41 bits per heavy atom. The number of furan rings is 1. The molecule has 0 amide bonds. The highest BCUT2D eigenvalue weighted by Gasteiger charge is 2.54. The summed E-state index contributed by atoms with van der Waals surface area (Å²) in [5.41, 5.74) is 23.0. The molecule has 0 bridgehead atoms. The van der Waals surface area contributed by atoms with Crippen molar-refractivity contribution in [1.29, 1.82) is 0 Å². The second-order valence-electron chi connectivity index (χ2n) is 19.1. The molecular weight excluding hydrogens is 857 g/mol. The molecule has 0 unspecified atom stereocenters. The summed E-state index contributed by atoms with van der Waals surface area (Å²) in [5, 5.41) is 4.82. The molecule has 4 heteroatoms. The van der Waals surface area contributed by atoms with Crippen LogP contribution in [0.2, 0.25) is 0 Å². The maximum Gasteiger partial charge on any atom is 0.144 e. The first-order valence-electron chi connectivity index (χ1n) is 23.9. The van der Waals surface area contributed by atoms with Crippen molar-refractivity contribution in [1.82, 2.24) is 0 Å². The first-order valence-corrected chi connectivity index (χ1v) is 24.7. The summed E-state index contributed by atoms with van der Waals surface area (Å²) >= 11 is 1.93. The van der Waals surface area contributed by atoms with Crippen LogP contribution in [0, 0.1) is 27.7 Å². The van der Waals surface area contributed by atoms with Gasteiger partial charge < -0.3 is 14.2 Å². The van der Waals surface area contributed by atoms with Crippen LogP contribution in [-0.4, -0.2) is 0 Å². The minimum absolute atomic E-state index is 0.648. The average molecular weight is 903 g/mol. The van der Waals surface area contributed by atoms with Crippen molar-refractivity contribution in [3.05, 3.63) is 251 Å². The molecule has 3 nitrogen and oxygen atoms in total. The van der Waals surface area contributed by atoms with E-state index in [0.717, 1.165) is 50.7 Å². The topological polar surface area (TPSA) is 19.6 Å². The van der Waals surface area contributed by atoms with Gasteiger partial charge in [-0.15, -0.1) is 11.3 Å². The van der Waals surface area contributed by atoms with E-state index in [4.69, 9.17) is 4.42 Å². The molecule has 1 spiro atoms. The fourth-order valence-corrected chi connectivity index (χ4v) is 13.1. The lowest BCUT2D eigenvalue weighted by molar-refractivity contribution is 0.669. The van der Waals surface area contributed by atoms with E-state index < -0.39 is 5.41 Å². The fourth-order valence-electron chi connectivity index (χ4n) is 11.8. The van der Waals surface area contributed by atoms with E-state index in [9.17, 15) is 0 Å². The second kappa shape index (κ2) is 14.9. The lowest BCUT2D eigenvalue weighted by Gasteiger charge is -2.32. The van der Waals surface area contributed by atoms with E-state index in [-0.39, 0.29) is 0 Å². The molecule has 0 saturated heterocycles. The second-order valence-corrected chi connectivity index (χ2v) is 20.2. The van der Waals surface area contributed by atoms with Crippen LogP contribution in [0.5, 0.6) is 0 Å². The summed E-state index contributed by atoms with van der Waals surface area (Å²) in [4.78, 5) is 4.82. The molecule has 0 fully saturated rings. The first-order chi connectivity index (χ1) is 33.8. The largest absolute Gasteiger partial charge is 0.455 e. The Morgan fingerprint density at radius 1 is 0.391 bits per heavy atom. The zero-order valence-corrected chi connectivity index (χ0v) is 39.7. The Morgan fingerprint density at radius 2 is 0.855 bits per heavy atom. The van der Waals surface area contributed by atoms with Crippen LogP contribution in [0.25, 0.3) is 64.4 Å². The van der Waals surface area contributed by atoms with Crippen LogP contribution in [-0.2, 0) is 5.41 Å². The highest BCUT2D eigenvalue weighted by molar-refractivity contribution is 7.26. The molecule has 0 atom stereocenters. The van der Waals surface area contributed by atoms with E-state index in [1.165, 1.54) is 92.3 Å². The van der Waals surface area contributed by atoms with Gasteiger partial charge >= 0.3 is 0 Å². The smallest absolute Gasteiger partial charge is 0.144 e. The molecule has 10 aromatic carbocycles. The molecule has 0 saturated carbocycles. The molecule has 0 radical (unpaired) electrons. The SMILES string of the molecule is Cc1ccc(N(c2ccc(C)cc2)c2ccc3c(c2)C2(c4ccccc4-c4ccccc42)c2c-3c3oc4ccccc4c3c3c2sc2cc(N(c4ccc(C)cc4)c4ccc(C)cc4)ccc23)cc1. The number of hydrogen-bond donors (Lipinski definition) is 0. The zero-order chi connectivity index (χ0) is 46.1. The Bertz CT molecular complexity index is 3910. The third-order valence-corrected chi connectivity index (χ3v) is 16.1. The van der Waals surface area contributed by atoms with Crippen LogP contribution in [0.15, 0.2) is 211 Å². The lowest BCUT2D eigenvalue weighted by Crippen LogP contribution is -2.26. The zero-order valence-electron chi connectivity index (χ0n) is 38.8. The van der Waals surface area contributed by atoms with Gasteiger partial charge in [-0.25, -0.2) is 0 Å². The maximum atomic E-state index is 7.28. The highest BCUT2D eigenvalue weighted by atomic mass is 32.1. The molecule has 2 heterocycles. The summed E-state index contributed by atoms with van der Waals surface area (Å²) in [6.45, 7) is 8.62. The number of rotatable bonds is 6. The van der Waals surface area contributed by atoms with E-state index in [2.05, 4.69) is 244 Å². The van der Waals surface area contributed by atoms with Crippen molar-refractivity contribution >= 4 is 87.6 Å². The van der Waals surface area contributed by atoms with Gasteiger partial charge in [-0.1, -0.05) is 150 Å². The number of nitrogens with zero attached hydrogens (tertiary/aromatic N) is 2. The molecule has 2 aromatic heterocycles. The third-order valence-electron chi connectivity index (χ3n) is 14.9. The summed E-state index contributed by atoms with van der Waals surface area (Å²) < 4.78 is 9.82. The van der Waals surface area contributed by atoms with Gasteiger partial charge in [-0.05, 0) is 140 Å². The molecule has 2 aliphatic rings. The van der Waals surface area contributed by atoms with E-state index in [0.29, 0.717) is 0 Å². The van der Waals surface area contributed by atoms with Gasteiger partial charge in [0.2, 0.25) is 0 Å². The minimum atomic E-state index is -0.648. The van der Waals surface area contributed by atoms with E-state index >= 15 is 0 Å². The number of fused-ring (bicyclic) bond motifs is 19. The number of thiophene rings is 1. The quantitative estimate of drug-likeness (QED) is 0.166. The Labute approximate surface area is 405 Å². The van der Waals surface area contributed by atoms with Crippen molar-refractivity contribution in [3.63, 3.8) is 0 Å². The standard InChI is InChI=1S/C65H46N2OS/c1-39-17-25-43(26-18-39)66(44-27-19-40(2)20-28-44)47-33-35-51-56(37-47)65(54-14-8-5-11-49(54)50-12-6-9-15-55(50)65)62-61(51)63-59(52-13-7-10-16-57(52)68-63)60-53-36-34-48(38-58(53)69-64(60)62)67(45-29-21-41(3)22-30-45)46-31-23-42(4)24-32-46/h5-38H,1-4H3. The molecule has 12 aromatic rings. The van der Waals surface area contributed by atoms with E-state index in [1.54, 1.807) is 0 Å². The van der Waals surface area contributed by atoms with Crippen molar-refractivity contribution in [2.45, 2.75) is 33.1 Å². The third kappa shape index (κ3) is 5.73. The van der Waals surface area contributed by atoms with Gasteiger partial charge in [0, 0.05) is 76.2 Å². The predicted molar refractivity (Wildman–Crippen MR) is 291 cm³/mol. The van der Waals surface area contributed by atoms with Crippen LogP contribution < -0.4 is 9.80 Å². The number of anilines is 6. The molecule has 2 aliphatic carbocycles. The van der Waals surface area contributed by atoms with Crippen LogP contribution >= 0.6 is 11.3 Å². The Kier molecular flexibility index (Phi) is 8.63. The molecule has 328 valence electrons. The Hall–Kier alpha value is -8.18. The van der Waals surface area contributed by atoms with Crippen LogP contribution in [0.1, 0.15) is 44.5 Å². The molecule has 0 N–H and O–H groups in total. The fraction of sp³-hybridized carbons (Fsp3) is 0.0769. The summed E-state index contributed by atoms with van der Waals surface area (Å²) in [7, 11) is 0. The number of hydrogen-bond acceptors (Lipinski definition) is 4. The summed E-state index contributed by atoms with van der Waals surface area (Å²) in [6, 6.07) is 76.9. The van der Waals surface area contributed by atoms with Gasteiger partial charge in [0.1, 0.15) is 11.2 Å². The highest BCUT2D eigenvalue weighted by Crippen LogP contribution is 2.67. The van der Waals surface area contributed by atoms with Gasteiger partial charge in [0.05, 0.1) is 5.41 Å². The monoisotopic (exact) mass is 902 g/mol. The van der Waals surface area contributed by atoms with Crippen molar-refractivity contribution in [2.24, 2.45) is 0 Å². The minimum Gasteiger partial charge on any atom is -0.455 e. The molecule has 14 rings (SSSR count). The van der Waals surface area contributed by atoms with Crippen LogP contribution in [0.3, 0.4) is 0 Å². The Balaban J connectivity index is 1.11. The van der Waals surface area contributed by atoms with Gasteiger partial charge in [0.25, 0.3) is 0 Å². The van der Waals surface area contributed by atoms with Crippen molar-refractivity contribution in [2.75, 3.05) is 9.80 Å². The summed E-state index contributed by atoms with van der Waals surface area (Å²) in [5.74, 6) is 0. The normalized spacial score (nSPS) is 13.0. The molecular formula is C65H46N2OS. The lowest BCUT2D eigenvalue weighted by atomic mass is 9.70. The molecule has 69 heavy (non-hydrogen) atoms. The van der Waals surface area contributed by atoms with Crippen molar-refractivity contribution < 1.29 is 4.42 Å². The van der Waals surface area contributed by atoms with Crippen molar-refractivity contribution in [3.8, 4) is 22.3 Å². The number of para-hydroxylation sites is 1. The van der Waals surface area contributed by atoms with Gasteiger partial charge in [-0.3, -0.25) is 0 Å². The summed E-state index contributed by atoms with van der Waals surface area (Å²) in [6.07, 6.45) is 0. The van der Waals surface area contributed by atoms with E-state index in [1.807, 2.05) is 11.3 Å².